The Balaban J connectivity index is 1.57. The molecule has 0 fully saturated rings. The SMILES string of the molecule is Cn1cc(-c2cnc(N)c(NCc3ccn4nccc4n3)n2)cn1. The molecular weight excluding hydrogens is 306 g/mol. The van der Waals surface area contributed by atoms with Crippen molar-refractivity contribution in [3.8, 4) is 11.3 Å². The number of aryl methyl sites for hydroxylation is 1. The zero-order valence-electron chi connectivity index (χ0n) is 13.0. The van der Waals surface area contributed by atoms with Gasteiger partial charge >= 0.3 is 0 Å². The Kier molecular flexibility index (Phi) is 3.30. The fourth-order valence-electron chi connectivity index (χ4n) is 2.35. The summed E-state index contributed by atoms with van der Waals surface area (Å²) >= 11 is 0. The molecule has 24 heavy (non-hydrogen) atoms. The Morgan fingerprint density at radius 3 is 2.92 bits per heavy atom. The third-order valence-electron chi connectivity index (χ3n) is 3.55. The van der Waals surface area contributed by atoms with E-state index in [1.807, 2.05) is 31.6 Å². The van der Waals surface area contributed by atoms with Crippen molar-refractivity contribution in [2.24, 2.45) is 7.05 Å². The molecule has 0 aliphatic rings. The number of nitrogens with one attached hydrogen (secondary N) is 1. The summed E-state index contributed by atoms with van der Waals surface area (Å²) in [7, 11) is 1.85. The number of nitrogen functional groups attached to an aromatic ring is 1. The maximum absolute atomic E-state index is 5.92. The number of aromatic nitrogens is 7. The van der Waals surface area contributed by atoms with Gasteiger partial charge in [-0.2, -0.15) is 10.2 Å². The highest BCUT2D eigenvalue weighted by Gasteiger charge is 2.08. The van der Waals surface area contributed by atoms with E-state index in [1.165, 1.54) is 0 Å². The summed E-state index contributed by atoms with van der Waals surface area (Å²) in [6.07, 6.45) is 8.81. The highest BCUT2D eigenvalue weighted by Crippen LogP contribution is 2.20. The van der Waals surface area contributed by atoms with E-state index in [0.717, 1.165) is 16.9 Å². The average molecular weight is 321 g/mol. The van der Waals surface area contributed by atoms with Gasteiger partial charge in [0.1, 0.15) is 0 Å². The van der Waals surface area contributed by atoms with Crippen molar-refractivity contribution in [2.45, 2.75) is 6.54 Å². The van der Waals surface area contributed by atoms with E-state index < -0.39 is 0 Å². The first-order valence-corrected chi connectivity index (χ1v) is 7.34. The quantitative estimate of drug-likeness (QED) is 0.579. The molecule has 0 aliphatic heterocycles. The van der Waals surface area contributed by atoms with Gasteiger partial charge in [0.05, 0.1) is 36.5 Å². The summed E-state index contributed by atoms with van der Waals surface area (Å²) in [5.41, 5.74) is 9.15. The van der Waals surface area contributed by atoms with Crippen molar-refractivity contribution >= 4 is 17.3 Å². The fourth-order valence-corrected chi connectivity index (χ4v) is 2.35. The van der Waals surface area contributed by atoms with Crippen LogP contribution in [-0.2, 0) is 13.6 Å². The van der Waals surface area contributed by atoms with Crippen molar-refractivity contribution in [3.63, 3.8) is 0 Å². The van der Waals surface area contributed by atoms with Gasteiger partial charge in [-0.1, -0.05) is 0 Å². The lowest BCUT2D eigenvalue weighted by Gasteiger charge is -2.09. The summed E-state index contributed by atoms with van der Waals surface area (Å²) in [6, 6.07) is 3.74. The second-order valence-electron chi connectivity index (χ2n) is 5.30. The van der Waals surface area contributed by atoms with Crippen LogP contribution in [0.4, 0.5) is 11.6 Å². The number of rotatable bonds is 4. The minimum Gasteiger partial charge on any atom is -0.381 e. The lowest BCUT2D eigenvalue weighted by Crippen LogP contribution is -2.08. The molecule has 0 amide bonds. The molecule has 0 aromatic carbocycles. The van der Waals surface area contributed by atoms with Gasteiger partial charge in [0.25, 0.3) is 0 Å². The van der Waals surface area contributed by atoms with Crippen molar-refractivity contribution in [3.05, 3.63) is 48.8 Å². The number of hydrogen-bond donors (Lipinski definition) is 2. The van der Waals surface area contributed by atoms with Crippen LogP contribution in [0, 0.1) is 0 Å². The van der Waals surface area contributed by atoms with Crippen LogP contribution in [0.25, 0.3) is 16.9 Å². The highest BCUT2D eigenvalue weighted by molar-refractivity contribution is 5.64. The summed E-state index contributed by atoms with van der Waals surface area (Å²) in [5.74, 6) is 0.861. The van der Waals surface area contributed by atoms with Gasteiger partial charge in [-0.3, -0.25) is 4.68 Å². The van der Waals surface area contributed by atoms with Crippen molar-refractivity contribution in [1.82, 2.24) is 34.3 Å². The summed E-state index contributed by atoms with van der Waals surface area (Å²) in [4.78, 5) is 13.2. The predicted molar refractivity (Wildman–Crippen MR) is 89.0 cm³/mol. The monoisotopic (exact) mass is 321 g/mol. The van der Waals surface area contributed by atoms with E-state index in [9.17, 15) is 0 Å². The van der Waals surface area contributed by atoms with Crippen LogP contribution >= 0.6 is 0 Å². The number of anilines is 2. The molecule has 0 unspecified atom stereocenters. The summed E-state index contributed by atoms with van der Waals surface area (Å²) in [5, 5.41) is 11.4. The van der Waals surface area contributed by atoms with E-state index >= 15 is 0 Å². The summed E-state index contributed by atoms with van der Waals surface area (Å²) in [6.45, 7) is 0.483. The van der Waals surface area contributed by atoms with Crippen LogP contribution in [0.15, 0.2) is 43.1 Å². The predicted octanol–water partition coefficient (Wildman–Crippen LogP) is 1.11. The number of hydrogen-bond acceptors (Lipinski definition) is 7. The largest absolute Gasteiger partial charge is 0.381 e. The van der Waals surface area contributed by atoms with Gasteiger partial charge in [-0.15, -0.1) is 0 Å². The Morgan fingerprint density at radius 2 is 2.08 bits per heavy atom. The van der Waals surface area contributed by atoms with E-state index in [2.05, 4.69) is 30.5 Å². The number of fused-ring (bicyclic) bond motifs is 1. The third kappa shape index (κ3) is 2.62. The molecule has 4 rings (SSSR count). The number of nitrogens with two attached hydrogens (primary N) is 1. The molecule has 4 heterocycles. The maximum atomic E-state index is 5.92. The van der Waals surface area contributed by atoms with E-state index in [1.54, 1.807) is 27.8 Å². The van der Waals surface area contributed by atoms with Crippen molar-refractivity contribution < 1.29 is 0 Å². The van der Waals surface area contributed by atoms with Gasteiger partial charge in [0, 0.05) is 31.1 Å². The zero-order chi connectivity index (χ0) is 16.5. The first-order chi connectivity index (χ1) is 11.7. The molecule has 0 bridgehead atoms. The highest BCUT2D eigenvalue weighted by atomic mass is 15.2. The Labute approximate surface area is 137 Å². The molecular formula is C15H15N9. The maximum Gasteiger partial charge on any atom is 0.169 e. The van der Waals surface area contributed by atoms with Crippen LogP contribution < -0.4 is 11.1 Å². The van der Waals surface area contributed by atoms with E-state index in [0.29, 0.717) is 23.9 Å². The van der Waals surface area contributed by atoms with Gasteiger partial charge < -0.3 is 11.1 Å². The Hall–Kier alpha value is -3.49. The van der Waals surface area contributed by atoms with Gasteiger partial charge in [-0.25, -0.2) is 19.5 Å². The first kappa shape index (κ1) is 14.1. The molecule has 9 nitrogen and oxygen atoms in total. The molecule has 0 radical (unpaired) electrons. The first-order valence-electron chi connectivity index (χ1n) is 7.34. The molecule has 4 aromatic heterocycles. The Bertz CT molecular complexity index is 1000. The molecule has 9 heteroatoms. The van der Waals surface area contributed by atoms with Crippen LogP contribution in [0.5, 0.6) is 0 Å². The van der Waals surface area contributed by atoms with Crippen molar-refractivity contribution in [2.75, 3.05) is 11.1 Å². The third-order valence-corrected chi connectivity index (χ3v) is 3.55. The minimum absolute atomic E-state index is 0.341. The molecule has 120 valence electrons. The normalized spacial score (nSPS) is 11.0. The number of nitrogens with zero attached hydrogens (tertiary/aromatic N) is 7. The van der Waals surface area contributed by atoms with Crippen molar-refractivity contribution in [1.29, 1.82) is 0 Å². The molecule has 0 saturated heterocycles. The molecule has 4 aromatic rings. The van der Waals surface area contributed by atoms with E-state index in [-0.39, 0.29) is 0 Å². The minimum atomic E-state index is 0.341. The van der Waals surface area contributed by atoms with Crippen LogP contribution in [0.3, 0.4) is 0 Å². The van der Waals surface area contributed by atoms with Crippen LogP contribution in [-0.4, -0.2) is 34.3 Å². The molecule has 0 atom stereocenters. The average Bonchev–Trinajstić information content (AvgIpc) is 3.22. The van der Waals surface area contributed by atoms with Crippen LogP contribution in [0.1, 0.15) is 5.69 Å². The lowest BCUT2D eigenvalue weighted by molar-refractivity contribution is 0.768. The van der Waals surface area contributed by atoms with Gasteiger partial charge in [0.15, 0.2) is 17.3 Å². The molecule has 0 saturated carbocycles. The van der Waals surface area contributed by atoms with Gasteiger partial charge in [-0.05, 0) is 6.07 Å². The van der Waals surface area contributed by atoms with Gasteiger partial charge in [0.2, 0.25) is 0 Å². The molecule has 3 N–H and O–H groups in total. The Morgan fingerprint density at radius 1 is 1.17 bits per heavy atom. The second kappa shape index (κ2) is 5.61. The van der Waals surface area contributed by atoms with Crippen LogP contribution in [0.2, 0.25) is 0 Å². The second-order valence-corrected chi connectivity index (χ2v) is 5.30. The van der Waals surface area contributed by atoms with E-state index in [4.69, 9.17) is 5.73 Å². The standard InChI is InChI=1S/C15H15N9/c1-23-9-10(6-20-23)12-8-17-14(16)15(22-12)18-7-11-3-5-24-13(21-11)2-4-19-24/h2-6,8-9H,7H2,1H3,(H2,16,17)(H,18,22). The zero-order valence-corrected chi connectivity index (χ0v) is 13.0. The smallest absolute Gasteiger partial charge is 0.169 e. The summed E-state index contributed by atoms with van der Waals surface area (Å²) < 4.78 is 3.42. The topological polar surface area (TPSA) is 112 Å². The lowest BCUT2D eigenvalue weighted by atomic mass is 10.3. The fraction of sp³-hybridized carbons (Fsp3) is 0.133. The molecule has 0 spiro atoms. The molecule has 0 aliphatic carbocycles.